The fraction of sp³-hybridized carbons (Fsp3) is 0.500. The zero-order chi connectivity index (χ0) is 11.8. The van der Waals surface area contributed by atoms with E-state index in [1.165, 1.54) is 0 Å². The van der Waals surface area contributed by atoms with E-state index in [4.69, 9.17) is 4.74 Å². The maximum absolute atomic E-state index is 5.27. The maximum Gasteiger partial charge on any atom is 0.323 e. The predicted octanol–water partition coefficient (Wildman–Crippen LogP) is 1.30. The van der Waals surface area contributed by atoms with E-state index in [0.29, 0.717) is 24.5 Å². The van der Waals surface area contributed by atoms with Crippen LogP contribution in [0.4, 0.5) is 11.9 Å². The Kier molecular flexibility index (Phi) is 5.04. The average Bonchev–Trinajstić information content (AvgIpc) is 2.27. The van der Waals surface area contributed by atoms with Crippen LogP contribution in [-0.2, 0) is 0 Å². The van der Waals surface area contributed by atoms with Crippen LogP contribution in [0.2, 0.25) is 0 Å². The number of hydrogen-bond donors (Lipinski definition) is 2. The van der Waals surface area contributed by atoms with Gasteiger partial charge in [-0.3, -0.25) is 0 Å². The van der Waals surface area contributed by atoms with Crippen molar-refractivity contribution in [2.75, 3.05) is 30.3 Å². The van der Waals surface area contributed by atoms with Gasteiger partial charge in [0.2, 0.25) is 11.9 Å². The van der Waals surface area contributed by atoms with Crippen molar-refractivity contribution >= 4 is 11.9 Å². The lowest BCUT2D eigenvalue weighted by molar-refractivity contribution is 0.333. The summed E-state index contributed by atoms with van der Waals surface area (Å²) in [6.07, 6.45) is 1.64. The van der Waals surface area contributed by atoms with Gasteiger partial charge in [-0.25, -0.2) is 0 Å². The van der Waals surface area contributed by atoms with Gasteiger partial charge in [-0.1, -0.05) is 12.7 Å². The molecule has 0 fully saturated rings. The molecule has 1 aromatic heterocycles. The van der Waals surface area contributed by atoms with Crippen LogP contribution in [0.25, 0.3) is 0 Å². The van der Waals surface area contributed by atoms with Crippen molar-refractivity contribution in [1.82, 2.24) is 15.0 Å². The molecule has 0 saturated heterocycles. The molecule has 0 saturated carbocycles. The van der Waals surface area contributed by atoms with Crippen LogP contribution in [-0.4, -0.2) is 34.6 Å². The predicted molar refractivity (Wildman–Crippen MR) is 63.8 cm³/mol. The highest BCUT2D eigenvalue weighted by Gasteiger charge is 2.05. The van der Waals surface area contributed by atoms with Gasteiger partial charge in [0.25, 0.3) is 0 Å². The van der Waals surface area contributed by atoms with Crippen LogP contribution in [0.1, 0.15) is 13.8 Å². The summed E-state index contributed by atoms with van der Waals surface area (Å²) in [7, 11) is 0. The third-order valence-electron chi connectivity index (χ3n) is 1.61. The zero-order valence-corrected chi connectivity index (χ0v) is 9.66. The van der Waals surface area contributed by atoms with Gasteiger partial charge in [-0.15, -0.1) is 0 Å². The molecule has 0 aliphatic carbocycles. The SMILES string of the molecule is C=CCOc1nc(NCC)nc(NCC)n1. The minimum atomic E-state index is 0.293. The summed E-state index contributed by atoms with van der Waals surface area (Å²) in [5.41, 5.74) is 0. The number of hydrogen-bond acceptors (Lipinski definition) is 6. The molecule has 0 aliphatic rings. The second kappa shape index (κ2) is 6.60. The van der Waals surface area contributed by atoms with Crippen LogP contribution in [0.3, 0.4) is 0 Å². The lowest BCUT2D eigenvalue weighted by atomic mass is 10.7. The summed E-state index contributed by atoms with van der Waals surface area (Å²) in [4.78, 5) is 12.4. The summed E-state index contributed by atoms with van der Waals surface area (Å²) in [6.45, 7) is 9.38. The van der Waals surface area contributed by atoms with Crippen molar-refractivity contribution in [1.29, 1.82) is 0 Å². The summed E-state index contributed by atoms with van der Waals surface area (Å²) in [5.74, 6) is 1.01. The molecule has 2 N–H and O–H groups in total. The molecular formula is C10H17N5O. The van der Waals surface area contributed by atoms with Crippen molar-refractivity contribution in [2.24, 2.45) is 0 Å². The molecule has 0 radical (unpaired) electrons. The van der Waals surface area contributed by atoms with E-state index in [1.807, 2.05) is 13.8 Å². The van der Waals surface area contributed by atoms with Gasteiger partial charge in [0, 0.05) is 13.1 Å². The standard InChI is InChI=1S/C10H17N5O/c1-4-7-16-10-14-8(11-5-2)13-9(15-10)12-6-3/h4H,1,5-7H2,2-3H3,(H2,11,12,13,14,15). The van der Waals surface area contributed by atoms with Crippen LogP contribution >= 0.6 is 0 Å². The fourth-order valence-electron chi connectivity index (χ4n) is 1.03. The van der Waals surface area contributed by atoms with E-state index in [0.717, 1.165) is 13.1 Å². The molecule has 1 heterocycles. The van der Waals surface area contributed by atoms with E-state index in [-0.39, 0.29) is 0 Å². The largest absolute Gasteiger partial charge is 0.459 e. The first-order valence-electron chi connectivity index (χ1n) is 5.27. The Balaban J connectivity index is 2.84. The molecule has 0 spiro atoms. The van der Waals surface area contributed by atoms with Gasteiger partial charge < -0.3 is 15.4 Å². The fourth-order valence-corrected chi connectivity index (χ4v) is 1.03. The monoisotopic (exact) mass is 223 g/mol. The third kappa shape index (κ3) is 3.72. The molecule has 6 heteroatoms. The Hall–Kier alpha value is -1.85. The Morgan fingerprint density at radius 2 is 1.69 bits per heavy atom. The van der Waals surface area contributed by atoms with Crippen molar-refractivity contribution in [3.05, 3.63) is 12.7 Å². The van der Waals surface area contributed by atoms with Crippen molar-refractivity contribution in [2.45, 2.75) is 13.8 Å². The lowest BCUT2D eigenvalue weighted by Gasteiger charge is -2.07. The highest BCUT2D eigenvalue weighted by molar-refractivity contribution is 5.35. The summed E-state index contributed by atoms with van der Waals surface area (Å²) in [6, 6.07) is 0.293. The molecular weight excluding hydrogens is 206 g/mol. The number of nitrogens with zero attached hydrogens (tertiary/aromatic N) is 3. The molecule has 0 bridgehead atoms. The van der Waals surface area contributed by atoms with Crippen molar-refractivity contribution in [3.8, 4) is 6.01 Å². The summed E-state index contributed by atoms with van der Waals surface area (Å²) in [5, 5.41) is 6.03. The van der Waals surface area contributed by atoms with Crippen LogP contribution < -0.4 is 15.4 Å². The van der Waals surface area contributed by atoms with E-state index in [1.54, 1.807) is 6.08 Å². The van der Waals surface area contributed by atoms with Crippen molar-refractivity contribution in [3.63, 3.8) is 0 Å². The second-order valence-electron chi connectivity index (χ2n) is 2.93. The number of nitrogens with one attached hydrogen (secondary N) is 2. The Bertz CT molecular complexity index is 318. The number of anilines is 2. The topological polar surface area (TPSA) is 72.0 Å². The van der Waals surface area contributed by atoms with Crippen LogP contribution in [0, 0.1) is 0 Å². The zero-order valence-electron chi connectivity index (χ0n) is 9.66. The van der Waals surface area contributed by atoms with Gasteiger partial charge >= 0.3 is 6.01 Å². The minimum Gasteiger partial charge on any atom is -0.459 e. The quantitative estimate of drug-likeness (QED) is 0.679. The summed E-state index contributed by atoms with van der Waals surface area (Å²) < 4.78 is 5.27. The van der Waals surface area contributed by atoms with Gasteiger partial charge in [-0.05, 0) is 13.8 Å². The number of ether oxygens (including phenoxy) is 1. The van der Waals surface area contributed by atoms with Gasteiger partial charge in [0.05, 0.1) is 0 Å². The number of aromatic nitrogens is 3. The second-order valence-corrected chi connectivity index (χ2v) is 2.93. The Labute approximate surface area is 95.2 Å². The smallest absolute Gasteiger partial charge is 0.323 e. The maximum atomic E-state index is 5.27. The minimum absolute atomic E-state index is 0.293. The summed E-state index contributed by atoms with van der Waals surface area (Å²) >= 11 is 0. The first-order chi connectivity index (χ1) is 7.80. The average molecular weight is 223 g/mol. The van der Waals surface area contributed by atoms with E-state index < -0.39 is 0 Å². The van der Waals surface area contributed by atoms with Gasteiger partial charge in [0.15, 0.2) is 0 Å². The van der Waals surface area contributed by atoms with Crippen molar-refractivity contribution < 1.29 is 4.74 Å². The molecule has 0 amide bonds. The highest BCUT2D eigenvalue weighted by atomic mass is 16.5. The molecule has 0 aliphatic heterocycles. The van der Waals surface area contributed by atoms with Gasteiger partial charge in [-0.2, -0.15) is 15.0 Å². The normalized spacial score (nSPS) is 9.62. The van der Waals surface area contributed by atoms with E-state index in [2.05, 4.69) is 32.2 Å². The third-order valence-corrected chi connectivity index (χ3v) is 1.61. The Morgan fingerprint density at radius 1 is 1.12 bits per heavy atom. The van der Waals surface area contributed by atoms with Crippen LogP contribution in [0.5, 0.6) is 6.01 Å². The lowest BCUT2D eigenvalue weighted by Crippen LogP contribution is -2.10. The first kappa shape index (κ1) is 12.2. The molecule has 0 unspecified atom stereocenters. The molecule has 0 atom stereocenters. The van der Waals surface area contributed by atoms with E-state index >= 15 is 0 Å². The number of rotatable bonds is 7. The molecule has 16 heavy (non-hydrogen) atoms. The molecule has 6 nitrogen and oxygen atoms in total. The molecule has 1 aromatic rings. The first-order valence-corrected chi connectivity index (χ1v) is 5.27. The highest BCUT2D eigenvalue weighted by Crippen LogP contribution is 2.10. The van der Waals surface area contributed by atoms with Gasteiger partial charge in [0.1, 0.15) is 6.61 Å². The molecule has 88 valence electrons. The molecule has 0 aromatic carbocycles. The Morgan fingerprint density at radius 3 is 2.12 bits per heavy atom. The van der Waals surface area contributed by atoms with Crippen LogP contribution in [0.15, 0.2) is 12.7 Å². The van der Waals surface area contributed by atoms with E-state index in [9.17, 15) is 0 Å². The molecule has 1 rings (SSSR count).